The van der Waals surface area contributed by atoms with Gasteiger partial charge in [-0.25, -0.2) is 0 Å². The summed E-state index contributed by atoms with van der Waals surface area (Å²) in [6.45, 7) is 11.0. The topological polar surface area (TPSA) is 30.5 Å². The van der Waals surface area contributed by atoms with Crippen molar-refractivity contribution in [2.24, 2.45) is 5.92 Å². The van der Waals surface area contributed by atoms with E-state index in [9.17, 15) is 0 Å². The zero-order valence-corrected chi connectivity index (χ0v) is 11.2. The van der Waals surface area contributed by atoms with Crippen LogP contribution in [0.5, 0.6) is 0 Å². The molecule has 0 bridgehead atoms. The Morgan fingerprint density at radius 3 is 2.53 bits per heavy atom. The average Bonchev–Trinajstić information content (AvgIpc) is 2.38. The van der Waals surface area contributed by atoms with E-state index in [4.69, 9.17) is 0 Å². The third-order valence-electron chi connectivity index (χ3n) is 4.09. The van der Waals surface area contributed by atoms with E-state index in [-0.39, 0.29) is 0 Å². The van der Waals surface area contributed by atoms with Crippen LogP contribution in [0.1, 0.15) is 12.8 Å². The lowest BCUT2D eigenvalue weighted by molar-refractivity contribution is 0.154. The second-order valence-electron chi connectivity index (χ2n) is 5.54. The summed E-state index contributed by atoms with van der Waals surface area (Å²) in [5.41, 5.74) is 0. The summed E-state index contributed by atoms with van der Waals surface area (Å²) < 4.78 is 0. The highest BCUT2D eigenvalue weighted by molar-refractivity contribution is 4.72. The fraction of sp³-hybridized carbons (Fsp3) is 1.00. The molecule has 0 radical (unpaired) electrons. The van der Waals surface area contributed by atoms with Crippen LogP contribution < -0.4 is 10.6 Å². The van der Waals surface area contributed by atoms with Crippen molar-refractivity contribution >= 4 is 0 Å². The number of likely N-dealkylation sites (N-methyl/N-ethyl adjacent to an activating group) is 1. The lowest BCUT2D eigenvalue weighted by atomic mass is 9.98. The van der Waals surface area contributed by atoms with Gasteiger partial charge in [0.25, 0.3) is 0 Å². The van der Waals surface area contributed by atoms with Gasteiger partial charge in [-0.1, -0.05) is 0 Å². The first-order valence-corrected chi connectivity index (χ1v) is 7.17. The fourth-order valence-electron chi connectivity index (χ4n) is 2.70. The van der Waals surface area contributed by atoms with Gasteiger partial charge in [0.2, 0.25) is 0 Å². The molecule has 0 unspecified atom stereocenters. The predicted molar refractivity (Wildman–Crippen MR) is 72.4 cm³/mol. The van der Waals surface area contributed by atoms with E-state index in [0.29, 0.717) is 0 Å². The van der Waals surface area contributed by atoms with E-state index in [1.54, 1.807) is 0 Å². The smallest absolute Gasteiger partial charge is 0.0110 e. The quantitative estimate of drug-likeness (QED) is 0.653. The number of hydrogen-bond acceptors (Lipinski definition) is 4. The summed E-state index contributed by atoms with van der Waals surface area (Å²) in [6, 6.07) is 0. The Morgan fingerprint density at radius 2 is 1.82 bits per heavy atom. The second-order valence-corrected chi connectivity index (χ2v) is 5.54. The Hall–Kier alpha value is -0.160. The van der Waals surface area contributed by atoms with Crippen molar-refractivity contribution in [3.8, 4) is 0 Å². The van der Waals surface area contributed by atoms with Crippen LogP contribution in [0.25, 0.3) is 0 Å². The maximum absolute atomic E-state index is 3.63. The summed E-state index contributed by atoms with van der Waals surface area (Å²) >= 11 is 0. The summed E-state index contributed by atoms with van der Waals surface area (Å²) in [6.07, 6.45) is 2.70. The van der Waals surface area contributed by atoms with Crippen molar-refractivity contribution in [2.45, 2.75) is 12.8 Å². The van der Waals surface area contributed by atoms with Crippen LogP contribution in [0.4, 0.5) is 0 Å². The molecule has 0 amide bonds. The summed E-state index contributed by atoms with van der Waals surface area (Å²) in [5, 5.41) is 7.05. The molecule has 17 heavy (non-hydrogen) atoms. The highest BCUT2D eigenvalue weighted by atomic mass is 15.2. The van der Waals surface area contributed by atoms with Gasteiger partial charge in [0.15, 0.2) is 0 Å². The Kier molecular flexibility index (Phi) is 5.71. The molecule has 2 aliphatic rings. The van der Waals surface area contributed by atoms with E-state index in [0.717, 1.165) is 12.5 Å². The van der Waals surface area contributed by atoms with E-state index >= 15 is 0 Å². The van der Waals surface area contributed by atoms with Gasteiger partial charge in [-0.3, -0.25) is 4.90 Å². The maximum atomic E-state index is 3.63. The molecule has 2 rings (SSSR count). The van der Waals surface area contributed by atoms with Crippen LogP contribution in [0.3, 0.4) is 0 Å². The average molecular weight is 240 g/mol. The normalized spacial score (nSPS) is 25.2. The molecule has 0 saturated carbocycles. The number of nitrogens with one attached hydrogen (secondary N) is 2. The molecule has 0 spiro atoms. The van der Waals surface area contributed by atoms with Crippen molar-refractivity contribution in [3.63, 3.8) is 0 Å². The van der Waals surface area contributed by atoms with Crippen LogP contribution >= 0.6 is 0 Å². The lowest BCUT2D eigenvalue weighted by Gasteiger charge is -2.32. The first kappa shape index (κ1) is 13.3. The highest BCUT2D eigenvalue weighted by Crippen LogP contribution is 2.09. The fourth-order valence-corrected chi connectivity index (χ4v) is 2.70. The molecule has 4 heteroatoms. The molecule has 0 atom stereocenters. The molecule has 2 N–H and O–H groups in total. The van der Waals surface area contributed by atoms with E-state index in [2.05, 4.69) is 27.5 Å². The van der Waals surface area contributed by atoms with Crippen LogP contribution in [0.2, 0.25) is 0 Å². The van der Waals surface area contributed by atoms with Gasteiger partial charge in [0, 0.05) is 39.3 Å². The molecule has 0 aromatic carbocycles. The minimum Gasteiger partial charge on any atom is -0.317 e. The summed E-state index contributed by atoms with van der Waals surface area (Å²) in [5.74, 6) is 0.906. The number of rotatable bonds is 5. The van der Waals surface area contributed by atoms with Gasteiger partial charge in [0.1, 0.15) is 0 Å². The van der Waals surface area contributed by atoms with Gasteiger partial charge >= 0.3 is 0 Å². The SMILES string of the molecule is CN1CCN(CCNCC2CCNCC2)CC1. The highest BCUT2D eigenvalue weighted by Gasteiger charge is 2.14. The van der Waals surface area contributed by atoms with Gasteiger partial charge in [0.05, 0.1) is 0 Å². The van der Waals surface area contributed by atoms with Crippen LogP contribution in [0.15, 0.2) is 0 Å². The first-order valence-electron chi connectivity index (χ1n) is 7.17. The van der Waals surface area contributed by atoms with Gasteiger partial charge < -0.3 is 15.5 Å². The van der Waals surface area contributed by atoms with Crippen molar-refractivity contribution in [2.75, 3.05) is 66.0 Å². The zero-order valence-electron chi connectivity index (χ0n) is 11.2. The summed E-state index contributed by atoms with van der Waals surface area (Å²) in [4.78, 5) is 4.99. The minimum absolute atomic E-state index is 0.906. The standard InChI is InChI=1S/C13H28N4/c1-16-8-10-17(11-9-16)7-6-15-12-13-2-4-14-5-3-13/h13-15H,2-12H2,1H3. The predicted octanol–water partition coefficient (Wildman–Crippen LogP) is -0.177. The van der Waals surface area contributed by atoms with Crippen molar-refractivity contribution in [1.29, 1.82) is 0 Å². The van der Waals surface area contributed by atoms with E-state index < -0.39 is 0 Å². The second kappa shape index (κ2) is 7.31. The minimum atomic E-state index is 0.906. The Balaban J connectivity index is 1.48. The molecule has 2 aliphatic heterocycles. The zero-order chi connectivity index (χ0) is 11.9. The Morgan fingerprint density at radius 1 is 1.12 bits per heavy atom. The lowest BCUT2D eigenvalue weighted by Crippen LogP contribution is -2.46. The van der Waals surface area contributed by atoms with E-state index in [1.165, 1.54) is 65.2 Å². The van der Waals surface area contributed by atoms with Crippen molar-refractivity contribution in [3.05, 3.63) is 0 Å². The van der Waals surface area contributed by atoms with Gasteiger partial charge in [-0.2, -0.15) is 0 Å². The Bertz CT molecular complexity index is 196. The van der Waals surface area contributed by atoms with Crippen molar-refractivity contribution < 1.29 is 0 Å². The molecule has 0 aromatic rings. The third kappa shape index (κ3) is 4.92. The summed E-state index contributed by atoms with van der Waals surface area (Å²) in [7, 11) is 2.21. The molecule has 2 heterocycles. The molecule has 4 nitrogen and oxygen atoms in total. The molecule has 0 aromatic heterocycles. The molecule has 0 aliphatic carbocycles. The molecule has 2 fully saturated rings. The van der Waals surface area contributed by atoms with Gasteiger partial charge in [-0.05, 0) is 45.4 Å². The molecule has 2 saturated heterocycles. The molecule has 100 valence electrons. The Labute approximate surface area is 106 Å². The maximum Gasteiger partial charge on any atom is 0.0110 e. The van der Waals surface area contributed by atoms with Crippen LogP contribution in [-0.2, 0) is 0 Å². The van der Waals surface area contributed by atoms with Crippen LogP contribution in [0, 0.1) is 5.92 Å². The molecular formula is C13H28N4. The number of piperazine rings is 1. The van der Waals surface area contributed by atoms with Crippen molar-refractivity contribution in [1.82, 2.24) is 20.4 Å². The van der Waals surface area contributed by atoms with Gasteiger partial charge in [-0.15, -0.1) is 0 Å². The van der Waals surface area contributed by atoms with Crippen LogP contribution in [-0.4, -0.2) is 75.8 Å². The molecular weight excluding hydrogens is 212 g/mol. The number of nitrogens with zero attached hydrogens (tertiary/aromatic N) is 2. The largest absolute Gasteiger partial charge is 0.317 e. The monoisotopic (exact) mass is 240 g/mol. The third-order valence-corrected chi connectivity index (χ3v) is 4.09. The number of piperidine rings is 1. The first-order chi connectivity index (χ1) is 8.34. The number of hydrogen-bond donors (Lipinski definition) is 2. The van der Waals surface area contributed by atoms with E-state index in [1.807, 2.05) is 0 Å².